The molecule has 2 aromatic rings. The van der Waals surface area contributed by atoms with Gasteiger partial charge in [-0.05, 0) is 32.4 Å². The van der Waals surface area contributed by atoms with Gasteiger partial charge in [0.25, 0.3) is 0 Å². The fourth-order valence-electron chi connectivity index (χ4n) is 2.24. The summed E-state index contributed by atoms with van der Waals surface area (Å²) < 4.78 is 15.8. The maximum Gasteiger partial charge on any atom is 0.220 e. The van der Waals surface area contributed by atoms with E-state index >= 15 is 0 Å². The number of aryl methyl sites for hydroxylation is 2. The highest BCUT2D eigenvalue weighted by Gasteiger charge is 2.10. The van der Waals surface area contributed by atoms with Gasteiger partial charge in [-0.2, -0.15) is 0 Å². The number of hydrogen-bond acceptors (Lipinski definition) is 5. The number of nitrogens with zero attached hydrogens (tertiary/aromatic N) is 1. The Hall–Kier alpha value is -2.50. The molecule has 1 aromatic carbocycles. The quantitative estimate of drug-likeness (QED) is 0.757. The third-order valence-corrected chi connectivity index (χ3v) is 3.52. The van der Waals surface area contributed by atoms with Crippen LogP contribution in [-0.2, 0) is 11.2 Å². The van der Waals surface area contributed by atoms with Crippen molar-refractivity contribution in [2.24, 2.45) is 0 Å². The number of methoxy groups -OCH3 is 1. The zero-order valence-corrected chi connectivity index (χ0v) is 13.7. The highest BCUT2D eigenvalue weighted by Crippen LogP contribution is 2.18. The van der Waals surface area contributed by atoms with E-state index in [2.05, 4.69) is 10.5 Å². The number of carbonyl (C=O) groups excluding carboxylic acids is 1. The van der Waals surface area contributed by atoms with E-state index in [1.807, 2.05) is 32.0 Å². The molecule has 0 atom stereocenters. The average molecular weight is 318 g/mol. The van der Waals surface area contributed by atoms with Crippen molar-refractivity contribution in [1.82, 2.24) is 10.5 Å². The predicted octanol–water partition coefficient (Wildman–Crippen LogP) is 2.43. The van der Waals surface area contributed by atoms with Crippen molar-refractivity contribution in [3.8, 4) is 11.5 Å². The lowest BCUT2D eigenvalue weighted by molar-refractivity contribution is -0.121. The van der Waals surface area contributed by atoms with Crippen LogP contribution in [0.5, 0.6) is 11.5 Å². The number of benzene rings is 1. The lowest BCUT2D eigenvalue weighted by atomic mass is 10.1. The molecular weight excluding hydrogens is 296 g/mol. The van der Waals surface area contributed by atoms with Crippen LogP contribution in [0, 0.1) is 13.8 Å². The van der Waals surface area contributed by atoms with Crippen LogP contribution in [-0.4, -0.2) is 31.3 Å². The van der Waals surface area contributed by atoms with Crippen LogP contribution in [0.3, 0.4) is 0 Å². The molecule has 23 heavy (non-hydrogen) atoms. The first-order valence-corrected chi connectivity index (χ1v) is 7.55. The SMILES string of the molecule is COc1cccc(OCCNC(=O)CCc2c(C)noc2C)c1. The molecule has 0 spiro atoms. The second-order valence-electron chi connectivity index (χ2n) is 5.18. The smallest absolute Gasteiger partial charge is 0.220 e. The Labute approximate surface area is 135 Å². The van der Waals surface area contributed by atoms with Crippen LogP contribution in [0.1, 0.15) is 23.4 Å². The van der Waals surface area contributed by atoms with Gasteiger partial charge >= 0.3 is 0 Å². The highest BCUT2D eigenvalue weighted by atomic mass is 16.5. The second kappa shape index (κ2) is 8.22. The van der Waals surface area contributed by atoms with Crippen molar-refractivity contribution in [1.29, 1.82) is 0 Å². The van der Waals surface area contributed by atoms with Crippen LogP contribution >= 0.6 is 0 Å². The standard InChI is InChI=1S/C17H22N2O4/c1-12-16(13(2)23-19-12)7-8-17(20)18-9-10-22-15-6-4-5-14(11-15)21-3/h4-6,11H,7-10H2,1-3H3,(H,18,20). The summed E-state index contributed by atoms with van der Waals surface area (Å²) in [4.78, 5) is 11.8. The van der Waals surface area contributed by atoms with Crippen molar-refractivity contribution in [3.05, 3.63) is 41.3 Å². The fourth-order valence-corrected chi connectivity index (χ4v) is 2.24. The van der Waals surface area contributed by atoms with Crippen LogP contribution in [0.15, 0.2) is 28.8 Å². The van der Waals surface area contributed by atoms with Crippen molar-refractivity contribution in [3.63, 3.8) is 0 Å². The second-order valence-corrected chi connectivity index (χ2v) is 5.18. The van der Waals surface area contributed by atoms with Gasteiger partial charge in [-0.1, -0.05) is 11.2 Å². The number of nitrogens with one attached hydrogen (secondary N) is 1. The first-order valence-electron chi connectivity index (χ1n) is 7.55. The van der Waals surface area contributed by atoms with Crippen molar-refractivity contribution in [2.45, 2.75) is 26.7 Å². The summed E-state index contributed by atoms with van der Waals surface area (Å²) in [5, 5.41) is 6.72. The summed E-state index contributed by atoms with van der Waals surface area (Å²) in [7, 11) is 1.61. The molecule has 1 heterocycles. The van der Waals surface area contributed by atoms with Crippen molar-refractivity contribution < 1.29 is 18.8 Å². The molecular formula is C17H22N2O4. The first-order chi connectivity index (χ1) is 11.1. The Kier molecular flexibility index (Phi) is 6.02. The van der Waals surface area contributed by atoms with Gasteiger partial charge in [0.15, 0.2) is 0 Å². The average Bonchev–Trinajstić information content (AvgIpc) is 2.88. The Morgan fingerprint density at radius 3 is 2.78 bits per heavy atom. The Balaban J connectivity index is 1.67. The number of amides is 1. The van der Waals surface area contributed by atoms with Gasteiger partial charge in [-0.15, -0.1) is 0 Å². The molecule has 0 saturated heterocycles. The molecule has 0 aliphatic rings. The molecule has 0 bridgehead atoms. The van der Waals surface area contributed by atoms with Crippen LogP contribution in [0.4, 0.5) is 0 Å². The topological polar surface area (TPSA) is 73.6 Å². The van der Waals surface area contributed by atoms with Gasteiger partial charge < -0.3 is 19.3 Å². The Morgan fingerprint density at radius 2 is 2.09 bits per heavy atom. The third kappa shape index (κ3) is 5.02. The molecule has 6 heteroatoms. The van der Waals surface area contributed by atoms with E-state index < -0.39 is 0 Å². The van der Waals surface area contributed by atoms with Gasteiger partial charge in [-0.25, -0.2) is 0 Å². The molecule has 1 N–H and O–H groups in total. The molecule has 0 fully saturated rings. The first kappa shape index (κ1) is 16.9. The number of aromatic nitrogens is 1. The molecule has 6 nitrogen and oxygen atoms in total. The van der Waals surface area contributed by atoms with Crippen molar-refractivity contribution >= 4 is 5.91 Å². The fraction of sp³-hybridized carbons (Fsp3) is 0.412. The number of hydrogen-bond donors (Lipinski definition) is 1. The van der Waals surface area contributed by atoms with Gasteiger partial charge in [0.2, 0.25) is 5.91 Å². The van der Waals surface area contributed by atoms with E-state index in [0.29, 0.717) is 31.7 Å². The van der Waals surface area contributed by atoms with Crippen LogP contribution in [0.25, 0.3) is 0 Å². The molecule has 124 valence electrons. The lowest BCUT2D eigenvalue weighted by Gasteiger charge is -2.09. The normalized spacial score (nSPS) is 10.4. The van der Waals surface area contributed by atoms with E-state index in [4.69, 9.17) is 14.0 Å². The largest absolute Gasteiger partial charge is 0.497 e. The molecule has 0 unspecified atom stereocenters. The Morgan fingerprint density at radius 1 is 1.30 bits per heavy atom. The van der Waals surface area contributed by atoms with E-state index in [0.717, 1.165) is 22.8 Å². The van der Waals surface area contributed by atoms with Crippen LogP contribution < -0.4 is 14.8 Å². The Bertz CT molecular complexity index is 632. The molecule has 1 amide bonds. The summed E-state index contributed by atoms with van der Waals surface area (Å²) in [6.07, 6.45) is 1.03. The summed E-state index contributed by atoms with van der Waals surface area (Å²) in [6.45, 7) is 4.60. The summed E-state index contributed by atoms with van der Waals surface area (Å²) >= 11 is 0. The zero-order chi connectivity index (χ0) is 16.7. The molecule has 0 aliphatic carbocycles. The third-order valence-electron chi connectivity index (χ3n) is 3.52. The summed E-state index contributed by atoms with van der Waals surface area (Å²) in [5.74, 6) is 2.22. The molecule has 0 aliphatic heterocycles. The summed E-state index contributed by atoms with van der Waals surface area (Å²) in [6, 6.07) is 7.36. The van der Waals surface area contributed by atoms with Gasteiger partial charge in [0.05, 0.1) is 19.3 Å². The minimum atomic E-state index is -0.0146. The number of carbonyl (C=O) groups is 1. The summed E-state index contributed by atoms with van der Waals surface area (Å²) in [5.41, 5.74) is 1.85. The minimum absolute atomic E-state index is 0.0146. The number of rotatable bonds is 8. The zero-order valence-electron chi connectivity index (χ0n) is 13.7. The van der Waals surface area contributed by atoms with Gasteiger partial charge in [0, 0.05) is 18.1 Å². The molecule has 0 radical (unpaired) electrons. The molecule has 1 aromatic heterocycles. The van der Waals surface area contributed by atoms with E-state index in [1.54, 1.807) is 13.2 Å². The molecule has 0 saturated carbocycles. The van der Waals surface area contributed by atoms with Crippen molar-refractivity contribution in [2.75, 3.05) is 20.3 Å². The number of ether oxygens (including phenoxy) is 2. The maximum absolute atomic E-state index is 11.8. The van der Waals surface area contributed by atoms with Crippen LogP contribution in [0.2, 0.25) is 0 Å². The molecule has 2 rings (SSSR count). The van der Waals surface area contributed by atoms with E-state index in [9.17, 15) is 4.79 Å². The lowest BCUT2D eigenvalue weighted by Crippen LogP contribution is -2.28. The monoisotopic (exact) mass is 318 g/mol. The highest BCUT2D eigenvalue weighted by molar-refractivity contribution is 5.76. The predicted molar refractivity (Wildman–Crippen MR) is 85.8 cm³/mol. The minimum Gasteiger partial charge on any atom is -0.497 e. The van der Waals surface area contributed by atoms with Gasteiger partial charge in [-0.3, -0.25) is 4.79 Å². The van der Waals surface area contributed by atoms with E-state index in [1.165, 1.54) is 0 Å². The van der Waals surface area contributed by atoms with E-state index in [-0.39, 0.29) is 5.91 Å². The van der Waals surface area contributed by atoms with Gasteiger partial charge in [0.1, 0.15) is 23.9 Å². The maximum atomic E-state index is 11.8.